The number of aromatic nitrogens is 3. The smallest absolute Gasteiger partial charge is 0.347 e. The summed E-state index contributed by atoms with van der Waals surface area (Å²) in [6, 6.07) is 0.305. The van der Waals surface area contributed by atoms with Crippen LogP contribution in [0.1, 0.15) is 51.0 Å². The molecule has 2 aromatic rings. The van der Waals surface area contributed by atoms with Crippen molar-refractivity contribution in [2.24, 2.45) is 0 Å². The number of nitrogens with zero attached hydrogens (tertiary/aromatic N) is 3. The normalized spacial score (nSPS) is 16.9. The molecular formula is C18H20F3N3O3. The van der Waals surface area contributed by atoms with Gasteiger partial charge in [0.1, 0.15) is 23.3 Å². The summed E-state index contributed by atoms with van der Waals surface area (Å²) in [4.78, 5) is 25.2. The van der Waals surface area contributed by atoms with Crippen LogP contribution in [0.3, 0.4) is 0 Å². The number of carbonyl (C=O) groups is 1. The predicted molar refractivity (Wildman–Crippen MR) is 89.7 cm³/mol. The number of ether oxygens (including phenoxy) is 1. The molecule has 0 saturated heterocycles. The molecule has 3 rings (SSSR count). The first kappa shape index (κ1) is 19.2. The molecule has 0 bridgehead atoms. The Hall–Kier alpha value is -2.58. The Morgan fingerprint density at radius 3 is 2.56 bits per heavy atom. The molecule has 0 N–H and O–H groups in total. The van der Waals surface area contributed by atoms with Gasteiger partial charge in [-0.25, -0.2) is 27.4 Å². The number of aryl methyl sites for hydroxylation is 1. The summed E-state index contributed by atoms with van der Waals surface area (Å²) in [5.74, 6) is -3.66. The molecule has 27 heavy (non-hydrogen) atoms. The van der Waals surface area contributed by atoms with Crippen molar-refractivity contribution in [1.82, 2.24) is 14.3 Å². The van der Waals surface area contributed by atoms with Gasteiger partial charge >= 0.3 is 11.7 Å². The highest BCUT2D eigenvalue weighted by Crippen LogP contribution is 2.25. The molecule has 1 aromatic heterocycles. The topological polar surface area (TPSA) is 66.1 Å². The van der Waals surface area contributed by atoms with E-state index in [2.05, 4.69) is 5.10 Å². The van der Waals surface area contributed by atoms with Crippen LogP contribution >= 0.6 is 0 Å². The third-order valence-corrected chi connectivity index (χ3v) is 4.22. The number of benzene rings is 1. The number of esters is 1. The molecule has 9 heteroatoms. The molecule has 1 atom stereocenters. The minimum atomic E-state index is -1.31. The minimum Gasteiger partial charge on any atom is -0.458 e. The molecule has 6 nitrogen and oxygen atoms in total. The maximum absolute atomic E-state index is 13.9. The molecule has 0 fully saturated rings. The number of hydrogen-bond donors (Lipinski definition) is 0. The van der Waals surface area contributed by atoms with E-state index in [4.69, 9.17) is 4.74 Å². The molecule has 0 saturated carbocycles. The van der Waals surface area contributed by atoms with Gasteiger partial charge in [0, 0.05) is 18.1 Å². The van der Waals surface area contributed by atoms with Gasteiger partial charge in [-0.05, 0) is 39.7 Å². The van der Waals surface area contributed by atoms with Crippen molar-refractivity contribution >= 4 is 5.97 Å². The van der Waals surface area contributed by atoms with Gasteiger partial charge in [0.2, 0.25) is 0 Å². The third kappa shape index (κ3) is 3.91. The van der Waals surface area contributed by atoms with Gasteiger partial charge in [-0.15, -0.1) is 0 Å². The quantitative estimate of drug-likeness (QED) is 0.604. The van der Waals surface area contributed by atoms with Crippen molar-refractivity contribution in [3.63, 3.8) is 0 Å². The van der Waals surface area contributed by atoms with Gasteiger partial charge < -0.3 is 4.74 Å². The highest BCUT2D eigenvalue weighted by Gasteiger charge is 2.33. The second-order valence-electron chi connectivity index (χ2n) is 7.53. The standard InChI is InChI=1S/C18H20F3N3O3/c1-18(2,3)27-16(25)14-5-4-6-15-22-23(17(26)24(14)15)9-10-7-12(20)13(21)8-11(10)19/h7-8,14H,4-6,9H2,1-3H3/t14-/m0/s1. The first-order chi connectivity index (χ1) is 12.6. The maximum Gasteiger partial charge on any atom is 0.347 e. The lowest BCUT2D eigenvalue weighted by molar-refractivity contribution is -0.159. The fraction of sp³-hybridized carbons (Fsp3) is 0.500. The van der Waals surface area contributed by atoms with E-state index in [1.165, 1.54) is 4.57 Å². The zero-order valence-corrected chi connectivity index (χ0v) is 15.3. The van der Waals surface area contributed by atoms with E-state index in [1.807, 2.05) is 0 Å². The fourth-order valence-electron chi connectivity index (χ4n) is 3.07. The Kier molecular flexibility index (Phi) is 4.88. The molecule has 1 aliphatic rings. The average Bonchev–Trinajstić information content (AvgIpc) is 2.87. The minimum absolute atomic E-state index is 0.208. The molecule has 0 unspecified atom stereocenters. The fourth-order valence-corrected chi connectivity index (χ4v) is 3.07. The molecule has 146 valence electrons. The zero-order chi connectivity index (χ0) is 19.9. The van der Waals surface area contributed by atoms with Crippen LogP contribution in [0.2, 0.25) is 0 Å². The first-order valence-electron chi connectivity index (χ1n) is 8.61. The van der Waals surface area contributed by atoms with E-state index < -0.39 is 40.8 Å². The summed E-state index contributed by atoms with van der Waals surface area (Å²) in [6.45, 7) is 4.81. The summed E-state index contributed by atoms with van der Waals surface area (Å²) in [7, 11) is 0. The van der Waals surface area contributed by atoms with Crippen LogP contribution in [0.15, 0.2) is 16.9 Å². The van der Waals surface area contributed by atoms with Crippen LogP contribution in [0.5, 0.6) is 0 Å². The number of halogens is 3. The SMILES string of the molecule is CC(C)(C)OC(=O)[C@@H]1CCCc2nn(Cc3cc(F)c(F)cc3F)c(=O)n21. The lowest BCUT2D eigenvalue weighted by Crippen LogP contribution is -2.38. The number of fused-ring (bicyclic) bond motifs is 1. The average molecular weight is 383 g/mol. The third-order valence-electron chi connectivity index (χ3n) is 4.22. The Morgan fingerprint density at radius 2 is 1.89 bits per heavy atom. The highest BCUT2D eigenvalue weighted by atomic mass is 19.2. The number of carbonyl (C=O) groups excluding carboxylic acids is 1. The van der Waals surface area contributed by atoms with Crippen LogP contribution in [-0.2, 0) is 22.5 Å². The predicted octanol–water partition coefficient (Wildman–Crippen LogP) is 2.73. The Balaban J connectivity index is 1.95. The second kappa shape index (κ2) is 6.86. The number of hydrogen-bond acceptors (Lipinski definition) is 4. The summed E-state index contributed by atoms with van der Waals surface area (Å²) in [6.07, 6.45) is 1.54. The van der Waals surface area contributed by atoms with Gasteiger partial charge in [-0.1, -0.05) is 0 Å². The van der Waals surface area contributed by atoms with Crippen molar-refractivity contribution in [2.45, 2.75) is 58.2 Å². The first-order valence-corrected chi connectivity index (χ1v) is 8.61. The van der Waals surface area contributed by atoms with Crippen LogP contribution in [0.4, 0.5) is 13.2 Å². The molecule has 2 heterocycles. The summed E-state index contributed by atoms with van der Waals surface area (Å²) < 4.78 is 47.9. The van der Waals surface area contributed by atoms with E-state index >= 15 is 0 Å². The van der Waals surface area contributed by atoms with Gasteiger partial charge in [0.15, 0.2) is 11.6 Å². The van der Waals surface area contributed by atoms with Crippen molar-refractivity contribution in [3.05, 3.63) is 51.5 Å². The van der Waals surface area contributed by atoms with Crippen LogP contribution < -0.4 is 5.69 Å². The summed E-state index contributed by atoms with van der Waals surface area (Å²) in [5, 5.41) is 4.14. The van der Waals surface area contributed by atoms with Crippen molar-refractivity contribution in [3.8, 4) is 0 Å². The van der Waals surface area contributed by atoms with E-state index in [0.29, 0.717) is 37.2 Å². The van der Waals surface area contributed by atoms with Crippen LogP contribution in [0.25, 0.3) is 0 Å². The summed E-state index contributed by atoms with van der Waals surface area (Å²) >= 11 is 0. The molecular weight excluding hydrogens is 363 g/mol. The van der Waals surface area contributed by atoms with Gasteiger partial charge in [0.05, 0.1) is 6.54 Å². The van der Waals surface area contributed by atoms with E-state index in [1.54, 1.807) is 20.8 Å². The van der Waals surface area contributed by atoms with Crippen molar-refractivity contribution < 1.29 is 22.7 Å². The van der Waals surface area contributed by atoms with Gasteiger partial charge in [0.25, 0.3) is 0 Å². The Morgan fingerprint density at radius 1 is 1.22 bits per heavy atom. The van der Waals surface area contributed by atoms with Gasteiger partial charge in [-0.3, -0.25) is 4.57 Å². The monoisotopic (exact) mass is 383 g/mol. The molecule has 1 aliphatic heterocycles. The van der Waals surface area contributed by atoms with E-state index in [9.17, 15) is 22.8 Å². The Bertz CT molecular complexity index is 944. The molecule has 1 aromatic carbocycles. The molecule has 0 spiro atoms. The van der Waals surface area contributed by atoms with Crippen LogP contribution in [0, 0.1) is 17.5 Å². The largest absolute Gasteiger partial charge is 0.458 e. The van der Waals surface area contributed by atoms with Gasteiger partial charge in [-0.2, -0.15) is 5.10 Å². The summed E-state index contributed by atoms with van der Waals surface area (Å²) in [5.41, 5.74) is -1.53. The van der Waals surface area contributed by atoms with E-state index in [0.717, 1.165) is 4.68 Å². The Labute approximate surface area is 153 Å². The second-order valence-corrected chi connectivity index (χ2v) is 7.53. The van der Waals surface area contributed by atoms with Crippen LogP contribution in [-0.4, -0.2) is 25.9 Å². The zero-order valence-electron chi connectivity index (χ0n) is 15.3. The molecule has 0 aliphatic carbocycles. The molecule has 0 radical (unpaired) electrons. The van der Waals surface area contributed by atoms with E-state index in [-0.39, 0.29) is 12.1 Å². The lowest BCUT2D eigenvalue weighted by atomic mass is 10.0. The van der Waals surface area contributed by atoms with Crippen molar-refractivity contribution in [1.29, 1.82) is 0 Å². The maximum atomic E-state index is 13.9. The number of rotatable bonds is 3. The molecule has 0 amide bonds. The lowest BCUT2D eigenvalue weighted by Gasteiger charge is -2.26. The van der Waals surface area contributed by atoms with Crippen molar-refractivity contribution in [2.75, 3.05) is 0 Å². The highest BCUT2D eigenvalue weighted by molar-refractivity contribution is 5.74.